The first kappa shape index (κ1) is 25.9. The summed E-state index contributed by atoms with van der Waals surface area (Å²) in [6, 6.07) is 11.7. The number of carbonyl (C=O) groups is 1. The maximum absolute atomic E-state index is 14.3. The van der Waals surface area contributed by atoms with Crippen LogP contribution in [0.5, 0.6) is 5.75 Å². The molecule has 0 aromatic heterocycles. The first-order valence-corrected chi connectivity index (χ1v) is 10.3. The van der Waals surface area contributed by atoms with Gasteiger partial charge in [0.25, 0.3) is 11.8 Å². The van der Waals surface area contributed by atoms with E-state index in [-0.39, 0.29) is 33.5 Å². The van der Waals surface area contributed by atoms with Gasteiger partial charge in [-0.05, 0) is 61.2 Å². The van der Waals surface area contributed by atoms with Gasteiger partial charge >= 0.3 is 5.51 Å². The molecule has 174 valence electrons. The van der Waals surface area contributed by atoms with Crippen molar-refractivity contribution in [1.29, 1.82) is 10.5 Å². The maximum Gasteiger partial charge on any atom is 0.446 e. The Labute approximate surface area is 191 Å². The molecule has 0 saturated heterocycles. The highest BCUT2D eigenvalue weighted by atomic mass is 32.2. The highest BCUT2D eigenvalue weighted by Gasteiger charge is 2.35. The molecule has 0 heterocycles. The Kier molecular flexibility index (Phi) is 7.93. The molecule has 0 radical (unpaired) electrons. The molecule has 2 aromatic carbocycles. The number of alkyl halides is 5. The molecule has 0 aliphatic rings. The molecule has 0 fully saturated rings. The molecular weight excluding hydrogens is 465 g/mol. The number of amides is 1. The third-order valence-corrected chi connectivity index (χ3v) is 5.19. The minimum Gasteiger partial charge on any atom is -0.489 e. The SMILES string of the molecule is CCC(F)(F)c1cc(C#N)ccc1OCC(C)(C#N)NC(=O)c1ccc(SC(F)(F)F)cc1. The fourth-order valence-corrected chi connectivity index (χ4v) is 3.19. The van der Waals surface area contributed by atoms with Crippen LogP contribution in [0.4, 0.5) is 22.0 Å². The van der Waals surface area contributed by atoms with E-state index in [0.717, 1.165) is 18.2 Å². The number of nitriles is 2. The van der Waals surface area contributed by atoms with Gasteiger partial charge in [0.15, 0.2) is 5.54 Å². The first-order chi connectivity index (χ1) is 15.3. The van der Waals surface area contributed by atoms with Crippen LogP contribution in [0, 0.1) is 22.7 Å². The van der Waals surface area contributed by atoms with E-state index in [9.17, 15) is 32.0 Å². The molecule has 0 saturated carbocycles. The van der Waals surface area contributed by atoms with Gasteiger partial charge in [-0.3, -0.25) is 4.79 Å². The van der Waals surface area contributed by atoms with Crippen molar-refractivity contribution in [1.82, 2.24) is 5.32 Å². The Balaban J connectivity index is 2.17. The Morgan fingerprint density at radius 2 is 1.73 bits per heavy atom. The Bertz CT molecular complexity index is 1090. The van der Waals surface area contributed by atoms with E-state index in [1.807, 2.05) is 6.07 Å². The molecule has 0 aliphatic heterocycles. The molecular formula is C22H18F5N3O2S. The van der Waals surface area contributed by atoms with E-state index < -0.39 is 41.5 Å². The lowest BCUT2D eigenvalue weighted by atomic mass is 10.0. The third-order valence-electron chi connectivity index (χ3n) is 4.45. The van der Waals surface area contributed by atoms with E-state index in [1.165, 1.54) is 38.1 Å². The van der Waals surface area contributed by atoms with Crippen molar-refractivity contribution in [2.75, 3.05) is 6.61 Å². The standard InChI is InChI=1S/C22H18F5N3O2S/c1-3-21(23,24)17-10-14(11-28)4-9-18(17)32-13-20(2,12-29)30-19(31)15-5-7-16(8-6-15)33-22(25,26)27/h4-10H,3,13H2,1-2H3,(H,30,31). The number of ether oxygens (including phenoxy) is 1. The summed E-state index contributed by atoms with van der Waals surface area (Å²) in [4.78, 5) is 12.4. The van der Waals surface area contributed by atoms with Crippen molar-refractivity contribution in [2.45, 2.75) is 42.1 Å². The number of carbonyl (C=O) groups excluding carboxylic acids is 1. The first-order valence-electron chi connectivity index (χ1n) is 9.47. The van der Waals surface area contributed by atoms with Gasteiger partial charge in [-0.15, -0.1) is 0 Å². The lowest BCUT2D eigenvalue weighted by Crippen LogP contribution is -2.49. The minimum absolute atomic E-state index is 0.000391. The average molecular weight is 483 g/mol. The summed E-state index contributed by atoms with van der Waals surface area (Å²) in [6.45, 7) is 2.07. The number of nitrogens with one attached hydrogen (secondary N) is 1. The highest BCUT2D eigenvalue weighted by Crippen LogP contribution is 2.39. The number of hydrogen-bond donors (Lipinski definition) is 1. The van der Waals surface area contributed by atoms with Gasteiger partial charge in [-0.25, -0.2) is 8.78 Å². The number of rotatable bonds is 8. The van der Waals surface area contributed by atoms with Gasteiger partial charge in [0.1, 0.15) is 12.4 Å². The molecule has 0 bridgehead atoms. The summed E-state index contributed by atoms with van der Waals surface area (Å²) in [5.41, 5.74) is -6.63. The molecule has 0 spiro atoms. The van der Waals surface area contributed by atoms with E-state index in [1.54, 1.807) is 6.07 Å². The molecule has 0 aliphatic carbocycles. The van der Waals surface area contributed by atoms with Crippen LogP contribution < -0.4 is 10.1 Å². The van der Waals surface area contributed by atoms with Gasteiger partial charge in [0.2, 0.25) is 0 Å². The van der Waals surface area contributed by atoms with Crippen LogP contribution >= 0.6 is 11.8 Å². The third kappa shape index (κ3) is 7.09. The van der Waals surface area contributed by atoms with Crippen molar-refractivity contribution in [3.05, 3.63) is 59.2 Å². The second-order valence-corrected chi connectivity index (χ2v) is 8.28. The largest absolute Gasteiger partial charge is 0.489 e. The quantitative estimate of drug-likeness (QED) is 0.381. The number of nitrogens with zero attached hydrogens (tertiary/aromatic N) is 2. The van der Waals surface area contributed by atoms with Crippen molar-refractivity contribution in [3.8, 4) is 17.9 Å². The van der Waals surface area contributed by atoms with Crippen LogP contribution in [0.3, 0.4) is 0 Å². The van der Waals surface area contributed by atoms with Gasteiger partial charge < -0.3 is 10.1 Å². The predicted molar refractivity (Wildman–Crippen MR) is 111 cm³/mol. The van der Waals surface area contributed by atoms with Crippen LogP contribution in [-0.2, 0) is 5.92 Å². The highest BCUT2D eigenvalue weighted by molar-refractivity contribution is 8.00. The Morgan fingerprint density at radius 3 is 2.24 bits per heavy atom. The van der Waals surface area contributed by atoms with Crippen molar-refractivity contribution in [3.63, 3.8) is 0 Å². The van der Waals surface area contributed by atoms with E-state index in [4.69, 9.17) is 10.00 Å². The lowest BCUT2D eigenvalue weighted by Gasteiger charge is -2.25. The summed E-state index contributed by atoms with van der Waals surface area (Å²) in [5, 5.41) is 20.9. The predicted octanol–water partition coefficient (Wildman–Crippen LogP) is 5.76. The summed E-state index contributed by atoms with van der Waals surface area (Å²) in [6.07, 6.45) is -0.548. The Hall–Kier alpha value is -3.31. The summed E-state index contributed by atoms with van der Waals surface area (Å²) >= 11 is -0.333. The van der Waals surface area contributed by atoms with Gasteiger partial charge in [0, 0.05) is 16.9 Å². The molecule has 2 rings (SSSR count). The van der Waals surface area contributed by atoms with Crippen molar-refractivity contribution in [2.24, 2.45) is 0 Å². The van der Waals surface area contributed by atoms with Crippen molar-refractivity contribution >= 4 is 17.7 Å². The summed E-state index contributed by atoms with van der Waals surface area (Å²) in [7, 11) is 0. The molecule has 33 heavy (non-hydrogen) atoms. The van der Waals surface area contributed by atoms with Crippen LogP contribution in [0.1, 0.15) is 41.8 Å². The average Bonchev–Trinajstić information content (AvgIpc) is 2.77. The number of benzene rings is 2. The van der Waals surface area contributed by atoms with Crippen LogP contribution in [0.2, 0.25) is 0 Å². The van der Waals surface area contributed by atoms with Crippen LogP contribution in [0.25, 0.3) is 0 Å². The smallest absolute Gasteiger partial charge is 0.446 e. The molecule has 11 heteroatoms. The zero-order chi connectivity index (χ0) is 24.9. The van der Waals surface area contributed by atoms with Crippen molar-refractivity contribution < 1.29 is 31.5 Å². The number of hydrogen-bond acceptors (Lipinski definition) is 5. The van der Waals surface area contributed by atoms with E-state index in [0.29, 0.717) is 0 Å². The van der Waals surface area contributed by atoms with Crippen LogP contribution in [0.15, 0.2) is 47.4 Å². The zero-order valence-corrected chi connectivity index (χ0v) is 18.3. The second-order valence-electron chi connectivity index (χ2n) is 7.14. The normalized spacial score (nSPS) is 13.4. The molecule has 1 unspecified atom stereocenters. The maximum atomic E-state index is 14.3. The fraction of sp³-hybridized carbons (Fsp3) is 0.318. The molecule has 2 aromatic rings. The topological polar surface area (TPSA) is 85.9 Å². The van der Waals surface area contributed by atoms with Gasteiger partial charge in [-0.2, -0.15) is 23.7 Å². The monoisotopic (exact) mass is 483 g/mol. The molecule has 1 N–H and O–H groups in total. The summed E-state index contributed by atoms with van der Waals surface area (Å²) < 4.78 is 71.4. The van der Waals surface area contributed by atoms with Gasteiger partial charge in [-0.1, -0.05) is 6.92 Å². The number of thioether (sulfide) groups is 1. The fourth-order valence-electron chi connectivity index (χ4n) is 2.65. The lowest BCUT2D eigenvalue weighted by molar-refractivity contribution is -0.0328. The summed E-state index contributed by atoms with van der Waals surface area (Å²) in [5.74, 6) is -4.29. The van der Waals surface area contributed by atoms with E-state index >= 15 is 0 Å². The zero-order valence-electron chi connectivity index (χ0n) is 17.5. The van der Waals surface area contributed by atoms with Crippen LogP contribution in [-0.4, -0.2) is 23.6 Å². The Morgan fingerprint density at radius 1 is 1.09 bits per heavy atom. The molecule has 1 atom stereocenters. The van der Waals surface area contributed by atoms with Gasteiger partial charge in [0.05, 0.1) is 23.3 Å². The second kappa shape index (κ2) is 10.1. The van der Waals surface area contributed by atoms with E-state index in [2.05, 4.69) is 5.32 Å². The molecule has 5 nitrogen and oxygen atoms in total. The minimum atomic E-state index is -4.47. The molecule has 1 amide bonds. The number of halogens is 5.